The lowest BCUT2D eigenvalue weighted by atomic mass is 10.2. The lowest BCUT2D eigenvalue weighted by molar-refractivity contribution is -0.136. The molecule has 6 nitrogen and oxygen atoms in total. The maximum atomic E-state index is 12.0. The highest BCUT2D eigenvalue weighted by Gasteiger charge is 2.14. The second kappa shape index (κ2) is 6.17. The molecule has 0 aliphatic rings. The van der Waals surface area contributed by atoms with Crippen LogP contribution in [-0.4, -0.2) is 27.0 Å². The van der Waals surface area contributed by atoms with Gasteiger partial charge >= 0.3 is 5.97 Å². The second-order valence-corrected chi connectivity index (χ2v) is 5.31. The fraction of sp³-hybridized carbons (Fsp3) is 0.0909. The number of rotatable bonds is 4. The first-order valence-corrected chi connectivity index (χ1v) is 6.88. The van der Waals surface area contributed by atoms with Gasteiger partial charge in [-0.3, -0.25) is 14.9 Å². The van der Waals surface area contributed by atoms with Crippen molar-refractivity contribution >= 4 is 51.5 Å². The fourth-order valence-electron chi connectivity index (χ4n) is 1.35. The Kier molecular flexibility index (Phi) is 4.53. The van der Waals surface area contributed by atoms with E-state index in [2.05, 4.69) is 15.3 Å². The van der Waals surface area contributed by atoms with Crippen LogP contribution in [0, 0.1) is 0 Å². The molecule has 104 valence electrons. The van der Waals surface area contributed by atoms with Crippen molar-refractivity contribution in [3.05, 3.63) is 39.1 Å². The van der Waals surface area contributed by atoms with Crippen molar-refractivity contribution in [3.8, 4) is 0 Å². The maximum Gasteiger partial charge on any atom is 0.309 e. The van der Waals surface area contributed by atoms with E-state index in [0.717, 1.165) is 11.3 Å². The van der Waals surface area contributed by atoms with Gasteiger partial charge in [0, 0.05) is 11.6 Å². The molecule has 1 amide bonds. The molecule has 20 heavy (non-hydrogen) atoms. The first-order valence-electron chi connectivity index (χ1n) is 5.24. The third-order valence-corrected chi connectivity index (χ3v) is 3.49. The standard InChI is InChI=1S/C11H7Cl2N3O3S/c12-7-3-14-8(13)2-6(7)10(19)16-11-15-5(4-20-11)1-9(17)18/h2-4H,1H2,(H,17,18)(H,15,16,19). The van der Waals surface area contributed by atoms with Crippen molar-refractivity contribution < 1.29 is 14.7 Å². The van der Waals surface area contributed by atoms with Gasteiger partial charge in [-0.05, 0) is 6.07 Å². The van der Waals surface area contributed by atoms with Crippen molar-refractivity contribution in [1.82, 2.24) is 9.97 Å². The van der Waals surface area contributed by atoms with Gasteiger partial charge in [0.25, 0.3) is 5.91 Å². The first kappa shape index (κ1) is 14.7. The van der Waals surface area contributed by atoms with Crippen LogP contribution in [0.25, 0.3) is 0 Å². The van der Waals surface area contributed by atoms with Crippen LogP contribution in [0.1, 0.15) is 16.1 Å². The third-order valence-electron chi connectivity index (χ3n) is 2.17. The molecule has 0 aromatic carbocycles. The molecule has 2 N–H and O–H groups in total. The summed E-state index contributed by atoms with van der Waals surface area (Å²) in [5, 5.41) is 13.3. The van der Waals surface area contributed by atoms with E-state index < -0.39 is 11.9 Å². The number of carboxylic acid groups (broad SMARTS) is 1. The van der Waals surface area contributed by atoms with Crippen LogP contribution in [0.15, 0.2) is 17.6 Å². The lowest BCUT2D eigenvalue weighted by Gasteiger charge is -2.03. The van der Waals surface area contributed by atoms with E-state index in [-0.39, 0.29) is 27.3 Å². The summed E-state index contributed by atoms with van der Waals surface area (Å²) in [5.74, 6) is -1.48. The number of carbonyl (C=O) groups is 2. The van der Waals surface area contributed by atoms with E-state index in [9.17, 15) is 9.59 Å². The van der Waals surface area contributed by atoms with Crippen molar-refractivity contribution in [2.75, 3.05) is 5.32 Å². The van der Waals surface area contributed by atoms with E-state index in [1.165, 1.54) is 12.3 Å². The predicted octanol–water partition coefficient (Wildman–Crippen LogP) is 2.72. The molecule has 0 aliphatic heterocycles. The van der Waals surface area contributed by atoms with Crippen LogP contribution in [0.2, 0.25) is 10.2 Å². The van der Waals surface area contributed by atoms with Crippen LogP contribution in [0.5, 0.6) is 0 Å². The largest absolute Gasteiger partial charge is 0.481 e. The molecule has 0 spiro atoms. The molecule has 0 atom stereocenters. The summed E-state index contributed by atoms with van der Waals surface area (Å²) in [7, 11) is 0. The summed E-state index contributed by atoms with van der Waals surface area (Å²) in [6.07, 6.45) is 1.07. The molecular formula is C11H7Cl2N3O3S. The number of carbonyl (C=O) groups excluding carboxylic acids is 1. The van der Waals surface area contributed by atoms with Crippen LogP contribution < -0.4 is 5.32 Å². The zero-order valence-electron chi connectivity index (χ0n) is 9.76. The smallest absolute Gasteiger partial charge is 0.309 e. The lowest BCUT2D eigenvalue weighted by Crippen LogP contribution is -2.12. The van der Waals surface area contributed by atoms with Crippen molar-refractivity contribution in [2.45, 2.75) is 6.42 Å². The number of pyridine rings is 1. The van der Waals surface area contributed by atoms with Gasteiger partial charge in [-0.15, -0.1) is 11.3 Å². The molecular weight excluding hydrogens is 325 g/mol. The van der Waals surface area contributed by atoms with Gasteiger partial charge in [0.1, 0.15) is 5.15 Å². The van der Waals surface area contributed by atoms with E-state index in [1.807, 2.05) is 0 Å². The average molecular weight is 332 g/mol. The number of aromatic nitrogens is 2. The Labute approximate surface area is 127 Å². The van der Waals surface area contributed by atoms with Gasteiger partial charge < -0.3 is 5.11 Å². The Hall–Kier alpha value is -1.70. The number of nitrogens with one attached hydrogen (secondary N) is 1. The molecule has 0 radical (unpaired) electrons. The van der Waals surface area contributed by atoms with Crippen LogP contribution in [0.3, 0.4) is 0 Å². The molecule has 9 heteroatoms. The average Bonchev–Trinajstić information content (AvgIpc) is 2.78. The Bertz CT molecular complexity index is 675. The van der Waals surface area contributed by atoms with Gasteiger partial charge in [0.2, 0.25) is 0 Å². The molecule has 0 bridgehead atoms. The van der Waals surface area contributed by atoms with E-state index in [4.69, 9.17) is 28.3 Å². The van der Waals surface area contributed by atoms with Gasteiger partial charge in [-0.25, -0.2) is 9.97 Å². The van der Waals surface area contributed by atoms with Crippen LogP contribution in [0.4, 0.5) is 5.13 Å². The minimum atomic E-state index is -0.989. The molecule has 0 fully saturated rings. The summed E-state index contributed by atoms with van der Waals surface area (Å²) in [4.78, 5) is 30.3. The number of halogens is 2. The van der Waals surface area contributed by atoms with Gasteiger partial charge in [0.05, 0.1) is 22.7 Å². The van der Waals surface area contributed by atoms with Crippen molar-refractivity contribution in [3.63, 3.8) is 0 Å². The van der Waals surface area contributed by atoms with E-state index in [0.29, 0.717) is 5.69 Å². The number of amides is 1. The highest BCUT2D eigenvalue weighted by atomic mass is 35.5. The highest BCUT2D eigenvalue weighted by molar-refractivity contribution is 7.14. The summed E-state index contributed by atoms with van der Waals surface area (Å²) < 4.78 is 0. The highest BCUT2D eigenvalue weighted by Crippen LogP contribution is 2.21. The zero-order chi connectivity index (χ0) is 14.7. The fourth-order valence-corrected chi connectivity index (χ4v) is 2.40. The van der Waals surface area contributed by atoms with Crippen molar-refractivity contribution in [2.24, 2.45) is 0 Å². The van der Waals surface area contributed by atoms with E-state index >= 15 is 0 Å². The quantitative estimate of drug-likeness (QED) is 0.840. The number of anilines is 1. The molecule has 2 aromatic heterocycles. The van der Waals surface area contributed by atoms with Gasteiger partial charge in [0.15, 0.2) is 5.13 Å². The number of aliphatic carboxylic acids is 1. The van der Waals surface area contributed by atoms with Gasteiger partial charge in [-0.2, -0.15) is 0 Å². The molecule has 2 aromatic rings. The number of nitrogens with zero attached hydrogens (tertiary/aromatic N) is 2. The SMILES string of the molecule is O=C(O)Cc1csc(NC(=O)c2cc(Cl)ncc2Cl)n1. The Morgan fingerprint density at radius 2 is 2.15 bits per heavy atom. The first-order chi connectivity index (χ1) is 9.45. The Morgan fingerprint density at radius 3 is 2.85 bits per heavy atom. The summed E-state index contributed by atoms with van der Waals surface area (Å²) >= 11 is 12.7. The molecule has 0 aliphatic carbocycles. The number of hydrogen-bond acceptors (Lipinski definition) is 5. The normalized spacial score (nSPS) is 10.3. The van der Waals surface area contributed by atoms with Crippen LogP contribution >= 0.6 is 34.5 Å². The monoisotopic (exact) mass is 331 g/mol. The second-order valence-electron chi connectivity index (χ2n) is 3.66. The Morgan fingerprint density at radius 1 is 1.40 bits per heavy atom. The third kappa shape index (κ3) is 3.66. The molecule has 2 heterocycles. The van der Waals surface area contributed by atoms with Crippen molar-refractivity contribution in [1.29, 1.82) is 0 Å². The number of hydrogen-bond donors (Lipinski definition) is 2. The molecule has 2 rings (SSSR count). The minimum Gasteiger partial charge on any atom is -0.481 e. The topological polar surface area (TPSA) is 92.2 Å². The predicted molar refractivity (Wildman–Crippen MR) is 75.7 cm³/mol. The molecule has 0 saturated carbocycles. The van der Waals surface area contributed by atoms with Crippen LogP contribution in [-0.2, 0) is 11.2 Å². The Balaban J connectivity index is 2.13. The number of thiazole rings is 1. The number of carboxylic acids is 1. The molecule has 0 unspecified atom stereocenters. The van der Waals surface area contributed by atoms with E-state index in [1.54, 1.807) is 5.38 Å². The minimum absolute atomic E-state index is 0.144. The van der Waals surface area contributed by atoms with Gasteiger partial charge in [-0.1, -0.05) is 23.2 Å². The summed E-state index contributed by atoms with van der Waals surface area (Å²) in [5.41, 5.74) is 0.540. The summed E-state index contributed by atoms with van der Waals surface area (Å²) in [6.45, 7) is 0. The maximum absolute atomic E-state index is 12.0. The summed E-state index contributed by atoms with van der Waals surface area (Å²) in [6, 6.07) is 1.34. The molecule has 0 saturated heterocycles. The zero-order valence-corrected chi connectivity index (χ0v) is 12.1.